The Morgan fingerprint density at radius 3 is 2.76 bits per heavy atom. The molecule has 8 heteroatoms. The van der Waals surface area contributed by atoms with Crippen LogP contribution >= 0.6 is 11.6 Å². The van der Waals surface area contributed by atoms with Crippen molar-refractivity contribution in [2.45, 2.75) is 25.5 Å². The van der Waals surface area contributed by atoms with Crippen LogP contribution in [-0.2, 0) is 4.74 Å². The first kappa shape index (κ1) is 16.2. The highest BCUT2D eigenvalue weighted by Gasteiger charge is 2.21. The van der Waals surface area contributed by atoms with Gasteiger partial charge in [0, 0.05) is 32.5 Å². The fourth-order valence-corrected chi connectivity index (χ4v) is 3.20. The molecule has 0 radical (unpaired) electrons. The number of ether oxygens (including phenoxy) is 1. The van der Waals surface area contributed by atoms with Crippen molar-refractivity contribution in [3.8, 4) is 11.3 Å². The number of nitrogens with zero attached hydrogens (tertiary/aromatic N) is 6. The lowest BCUT2D eigenvalue weighted by Gasteiger charge is -2.23. The van der Waals surface area contributed by atoms with Gasteiger partial charge in [0.15, 0.2) is 5.65 Å². The molecular weight excluding hydrogens is 340 g/mol. The van der Waals surface area contributed by atoms with Gasteiger partial charge >= 0.3 is 0 Å². The second kappa shape index (κ2) is 6.57. The minimum atomic E-state index is -0.0493. The summed E-state index contributed by atoms with van der Waals surface area (Å²) in [5.41, 5.74) is 2.94. The summed E-state index contributed by atoms with van der Waals surface area (Å²) in [5, 5.41) is 0.191. The third-order valence-electron chi connectivity index (χ3n) is 4.34. The predicted molar refractivity (Wildman–Crippen MR) is 96.7 cm³/mol. The molecule has 130 valence electrons. The number of rotatable bonds is 3. The Morgan fingerprint density at radius 2 is 2.08 bits per heavy atom. The highest BCUT2D eigenvalue weighted by molar-refractivity contribution is 6.28. The van der Waals surface area contributed by atoms with Gasteiger partial charge in [0.2, 0.25) is 5.28 Å². The van der Waals surface area contributed by atoms with Gasteiger partial charge in [0.25, 0.3) is 0 Å². The number of halogens is 1. The van der Waals surface area contributed by atoms with Crippen LogP contribution in [0, 0.1) is 0 Å². The van der Waals surface area contributed by atoms with Gasteiger partial charge < -0.3 is 9.64 Å². The lowest BCUT2D eigenvalue weighted by atomic mass is 10.1. The molecule has 4 rings (SSSR count). The van der Waals surface area contributed by atoms with E-state index >= 15 is 0 Å². The number of anilines is 1. The van der Waals surface area contributed by atoms with Crippen molar-refractivity contribution in [2.75, 3.05) is 25.6 Å². The fraction of sp³-hybridized carbons (Fsp3) is 0.412. The summed E-state index contributed by atoms with van der Waals surface area (Å²) >= 11 is 6.19. The first-order chi connectivity index (χ1) is 12.1. The van der Waals surface area contributed by atoms with Crippen molar-refractivity contribution >= 4 is 28.6 Å². The van der Waals surface area contributed by atoms with Crippen LogP contribution in [0.15, 0.2) is 24.7 Å². The van der Waals surface area contributed by atoms with E-state index in [0.29, 0.717) is 16.9 Å². The van der Waals surface area contributed by atoms with E-state index in [2.05, 4.69) is 19.9 Å². The number of pyridine rings is 1. The van der Waals surface area contributed by atoms with E-state index < -0.39 is 0 Å². The van der Waals surface area contributed by atoms with Gasteiger partial charge in [-0.25, -0.2) is 15.0 Å². The third-order valence-corrected chi connectivity index (χ3v) is 4.51. The average molecular weight is 359 g/mol. The van der Waals surface area contributed by atoms with E-state index in [9.17, 15) is 0 Å². The minimum Gasteiger partial charge on any atom is -0.363 e. The third kappa shape index (κ3) is 3.05. The zero-order valence-electron chi connectivity index (χ0n) is 14.2. The molecule has 3 aromatic rings. The fourth-order valence-electron chi connectivity index (χ4n) is 3.04. The van der Waals surface area contributed by atoms with Crippen molar-refractivity contribution in [1.82, 2.24) is 24.5 Å². The first-order valence-corrected chi connectivity index (χ1v) is 8.67. The molecule has 4 heterocycles. The minimum absolute atomic E-state index is 0.0493. The molecule has 0 amide bonds. The van der Waals surface area contributed by atoms with Gasteiger partial charge in [-0.05, 0) is 43.0 Å². The molecule has 1 fully saturated rings. The van der Waals surface area contributed by atoms with Gasteiger partial charge in [0.05, 0.1) is 6.33 Å². The second-order valence-electron chi connectivity index (χ2n) is 6.29. The molecule has 0 aliphatic carbocycles. The summed E-state index contributed by atoms with van der Waals surface area (Å²) in [6.07, 6.45) is 6.66. The molecule has 0 N–H and O–H groups in total. The Balaban J connectivity index is 1.80. The van der Waals surface area contributed by atoms with Crippen molar-refractivity contribution in [3.63, 3.8) is 0 Å². The highest BCUT2D eigenvalue weighted by Crippen LogP contribution is 2.30. The maximum Gasteiger partial charge on any atom is 0.225 e. The SMILES string of the molecule is CN(C)c1ccc(-c2nc(Cl)nc3c2ncn3C2CCCCO2)cn1. The standard InChI is InChI=1S/C17H19ClN6O/c1-23(2)12-7-6-11(9-19-12)14-15-16(22-17(18)21-14)24(10-20-15)13-5-3-4-8-25-13/h6-7,9-10,13H,3-5,8H2,1-2H3. The largest absolute Gasteiger partial charge is 0.363 e. The van der Waals surface area contributed by atoms with Crippen molar-refractivity contribution in [1.29, 1.82) is 0 Å². The molecule has 3 aromatic heterocycles. The van der Waals surface area contributed by atoms with Gasteiger partial charge in [-0.2, -0.15) is 4.98 Å². The van der Waals surface area contributed by atoms with Crippen LogP contribution in [0.2, 0.25) is 5.28 Å². The van der Waals surface area contributed by atoms with Crippen LogP contribution < -0.4 is 4.90 Å². The van der Waals surface area contributed by atoms with Gasteiger partial charge in [-0.3, -0.25) is 4.57 Å². The molecule has 1 atom stereocenters. The monoisotopic (exact) mass is 358 g/mol. The summed E-state index contributed by atoms with van der Waals surface area (Å²) in [7, 11) is 3.90. The van der Waals surface area contributed by atoms with E-state index in [4.69, 9.17) is 16.3 Å². The number of imidazole rings is 1. The lowest BCUT2D eigenvalue weighted by Crippen LogP contribution is -2.17. The average Bonchev–Trinajstić information content (AvgIpc) is 3.05. The summed E-state index contributed by atoms with van der Waals surface area (Å²) in [6, 6.07) is 3.91. The lowest BCUT2D eigenvalue weighted by molar-refractivity contribution is -0.0298. The molecule has 1 unspecified atom stereocenters. The molecule has 7 nitrogen and oxygen atoms in total. The van der Waals surface area contributed by atoms with Crippen LogP contribution in [0.3, 0.4) is 0 Å². The Labute approximate surface area is 150 Å². The van der Waals surface area contributed by atoms with Crippen LogP contribution in [0.1, 0.15) is 25.5 Å². The quantitative estimate of drug-likeness (QED) is 0.669. The predicted octanol–water partition coefficient (Wildman–Crippen LogP) is 3.31. The number of hydrogen-bond donors (Lipinski definition) is 0. The Kier molecular flexibility index (Phi) is 4.27. The number of hydrogen-bond acceptors (Lipinski definition) is 6. The Bertz CT molecular complexity index is 886. The van der Waals surface area contributed by atoms with Crippen molar-refractivity contribution in [2.24, 2.45) is 0 Å². The Hall–Kier alpha value is -2.25. The van der Waals surface area contributed by atoms with Crippen LogP contribution in [-0.4, -0.2) is 45.2 Å². The van der Waals surface area contributed by atoms with Crippen LogP contribution in [0.25, 0.3) is 22.4 Å². The Morgan fingerprint density at radius 1 is 1.20 bits per heavy atom. The van der Waals surface area contributed by atoms with E-state index in [0.717, 1.165) is 37.3 Å². The zero-order valence-corrected chi connectivity index (χ0v) is 14.9. The molecule has 0 saturated carbocycles. The molecule has 1 aliphatic rings. The maximum atomic E-state index is 6.19. The summed E-state index contributed by atoms with van der Waals surface area (Å²) in [4.78, 5) is 19.7. The smallest absolute Gasteiger partial charge is 0.225 e. The van der Waals surface area contributed by atoms with Crippen molar-refractivity contribution in [3.05, 3.63) is 29.9 Å². The summed E-state index contributed by atoms with van der Waals surface area (Å²) in [6.45, 7) is 0.756. The first-order valence-electron chi connectivity index (χ1n) is 8.29. The number of aromatic nitrogens is 5. The van der Waals surface area contributed by atoms with Crippen molar-refractivity contribution < 1.29 is 4.74 Å². The normalized spacial score (nSPS) is 17.8. The second-order valence-corrected chi connectivity index (χ2v) is 6.62. The van der Waals surface area contributed by atoms with E-state index in [-0.39, 0.29) is 11.5 Å². The molecule has 1 saturated heterocycles. The number of fused-ring (bicyclic) bond motifs is 1. The van der Waals surface area contributed by atoms with E-state index in [1.54, 1.807) is 12.5 Å². The van der Waals surface area contributed by atoms with Gasteiger partial charge in [-0.1, -0.05) is 0 Å². The molecule has 1 aliphatic heterocycles. The molecule has 25 heavy (non-hydrogen) atoms. The molecule has 0 aromatic carbocycles. The topological polar surface area (TPSA) is 69.0 Å². The maximum absolute atomic E-state index is 6.19. The molecule has 0 spiro atoms. The molecular formula is C17H19ClN6O. The summed E-state index contributed by atoms with van der Waals surface area (Å²) in [5.74, 6) is 0.876. The van der Waals surface area contributed by atoms with E-state index in [1.165, 1.54) is 0 Å². The van der Waals surface area contributed by atoms with Crippen LogP contribution in [0.4, 0.5) is 5.82 Å². The van der Waals surface area contributed by atoms with Gasteiger partial charge in [-0.15, -0.1) is 0 Å². The van der Waals surface area contributed by atoms with E-state index in [1.807, 2.05) is 35.7 Å². The highest BCUT2D eigenvalue weighted by atomic mass is 35.5. The molecule has 0 bridgehead atoms. The van der Waals surface area contributed by atoms with Gasteiger partial charge in [0.1, 0.15) is 23.3 Å². The summed E-state index contributed by atoms with van der Waals surface area (Å²) < 4.78 is 7.81. The zero-order chi connectivity index (χ0) is 17.4. The van der Waals surface area contributed by atoms with Crippen LogP contribution in [0.5, 0.6) is 0 Å².